The van der Waals surface area contributed by atoms with Gasteiger partial charge in [0.25, 0.3) is 0 Å². The number of allylic oxidation sites excluding steroid dienone is 1. The monoisotopic (exact) mass is 479 g/mol. The van der Waals surface area contributed by atoms with Gasteiger partial charge in [-0.1, -0.05) is 88.7 Å². The van der Waals surface area contributed by atoms with Crippen LogP contribution in [0, 0.1) is 0 Å². The second kappa shape index (κ2) is 9.25. The minimum Gasteiger partial charge on any atom is -0.364 e. The van der Waals surface area contributed by atoms with Crippen molar-refractivity contribution in [3.05, 3.63) is 131 Å². The van der Waals surface area contributed by atoms with Gasteiger partial charge in [-0.2, -0.15) is 0 Å². The van der Waals surface area contributed by atoms with E-state index in [1.165, 1.54) is 11.1 Å². The normalized spacial score (nSPS) is 15.0. The highest BCUT2D eigenvalue weighted by Gasteiger charge is 2.18. The highest BCUT2D eigenvalue weighted by atomic mass is 79.9. The lowest BCUT2D eigenvalue weighted by atomic mass is 10.0. The number of hydrogen-bond donors (Lipinski definition) is 1. The van der Waals surface area contributed by atoms with E-state index in [1.807, 2.05) is 36.7 Å². The molecule has 5 rings (SSSR count). The molecule has 1 N–H and O–H groups in total. The Morgan fingerprint density at radius 3 is 1.81 bits per heavy atom. The molecule has 0 bridgehead atoms. The van der Waals surface area contributed by atoms with Crippen molar-refractivity contribution < 1.29 is 0 Å². The van der Waals surface area contributed by atoms with Crippen LogP contribution in [0.2, 0.25) is 0 Å². The number of aliphatic imine (C=N–C) groups is 1. The molecule has 4 aromatic carbocycles. The third kappa shape index (κ3) is 4.36. The Hall–Kier alpha value is -3.63. The predicted octanol–water partition coefficient (Wildman–Crippen LogP) is 7.47. The van der Waals surface area contributed by atoms with Crippen molar-refractivity contribution in [2.45, 2.75) is 6.17 Å². The van der Waals surface area contributed by atoms with E-state index >= 15 is 0 Å². The molecule has 1 atom stereocenters. The van der Waals surface area contributed by atoms with Crippen molar-refractivity contribution in [3.8, 4) is 11.1 Å². The molecule has 0 saturated heterocycles. The molecule has 32 heavy (non-hydrogen) atoms. The maximum Gasteiger partial charge on any atom is 0.144 e. The summed E-state index contributed by atoms with van der Waals surface area (Å²) in [6.45, 7) is 0. The summed E-state index contributed by atoms with van der Waals surface area (Å²) in [6, 6.07) is 37.6. The molecule has 0 aromatic heterocycles. The number of para-hydroxylation sites is 1. The summed E-state index contributed by atoms with van der Waals surface area (Å²) in [6.07, 6.45) is 3.92. The van der Waals surface area contributed by atoms with E-state index < -0.39 is 0 Å². The topological polar surface area (TPSA) is 27.6 Å². The summed E-state index contributed by atoms with van der Waals surface area (Å²) in [4.78, 5) is 6.99. The molecule has 0 amide bonds. The summed E-state index contributed by atoms with van der Waals surface area (Å²) in [5.74, 6) is 0. The van der Waals surface area contributed by atoms with Gasteiger partial charge in [-0.3, -0.25) is 4.99 Å². The largest absolute Gasteiger partial charge is 0.364 e. The molecule has 0 fully saturated rings. The first-order chi connectivity index (χ1) is 15.8. The van der Waals surface area contributed by atoms with Gasteiger partial charge in [-0.05, 0) is 53.1 Å². The first-order valence-corrected chi connectivity index (χ1v) is 11.3. The number of hydrogen-bond acceptors (Lipinski definition) is 3. The van der Waals surface area contributed by atoms with Crippen LogP contribution in [0.5, 0.6) is 0 Å². The summed E-state index contributed by atoms with van der Waals surface area (Å²) < 4.78 is 1.08. The van der Waals surface area contributed by atoms with E-state index in [2.05, 4.69) is 111 Å². The zero-order valence-corrected chi connectivity index (χ0v) is 19.0. The molecule has 0 saturated carbocycles. The quantitative estimate of drug-likeness (QED) is 0.321. The van der Waals surface area contributed by atoms with E-state index in [9.17, 15) is 0 Å². The second-order valence-corrected chi connectivity index (χ2v) is 8.47. The molecule has 156 valence electrons. The van der Waals surface area contributed by atoms with E-state index in [1.54, 1.807) is 0 Å². The van der Waals surface area contributed by atoms with Crippen LogP contribution in [-0.2, 0) is 0 Å². The molecule has 1 aliphatic heterocycles. The highest BCUT2D eigenvalue weighted by molar-refractivity contribution is 9.10. The average molecular weight is 480 g/mol. The number of nitrogens with one attached hydrogen (secondary N) is 1. The third-order valence-electron chi connectivity index (χ3n) is 5.44. The Morgan fingerprint density at radius 2 is 1.22 bits per heavy atom. The fourth-order valence-corrected chi connectivity index (χ4v) is 4.07. The predicted molar refractivity (Wildman–Crippen MR) is 137 cm³/mol. The van der Waals surface area contributed by atoms with Crippen LogP contribution in [0.25, 0.3) is 11.1 Å². The van der Waals surface area contributed by atoms with Gasteiger partial charge in [0.15, 0.2) is 0 Å². The van der Waals surface area contributed by atoms with Crippen LogP contribution in [-0.4, -0.2) is 6.21 Å². The fourth-order valence-electron chi connectivity index (χ4n) is 3.80. The van der Waals surface area contributed by atoms with Gasteiger partial charge >= 0.3 is 0 Å². The van der Waals surface area contributed by atoms with Crippen LogP contribution in [0.4, 0.5) is 11.4 Å². The van der Waals surface area contributed by atoms with Gasteiger partial charge in [-0.15, -0.1) is 0 Å². The number of nitrogens with zero attached hydrogens (tertiary/aromatic N) is 2. The van der Waals surface area contributed by atoms with Gasteiger partial charge in [0.05, 0.1) is 5.70 Å². The Kier molecular flexibility index (Phi) is 5.86. The molecule has 3 nitrogen and oxygen atoms in total. The molecule has 4 heteroatoms. The molecule has 4 aromatic rings. The Morgan fingerprint density at radius 1 is 0.656 bits per heavy atom. The maximum atomic E-state index is 4.78. The van der Waals surface area contributed by atoms with Crippen molar-refractivity contribution in [2.75, 3.05) is 4.90 Å². The third-order valence-corrected chi connectivity index (χ3v) is 5.96. The van der Waals surface area contributed by atoms with Gasteiger partial charge in [0, 0.05) is 28.3 Å². The molecule has 1 heterocycles. The van der Waals surface area contributed by atoms with Gasteiger partial charge in [-0.25, -0.2) is 0 Å². The molecule has 1 unspecified atom stereocenters. The molecule has 0 spiro atoms. The standard InChI is InChI=1S/C28H22BrN3/c29-24-15-11-21(12-16-24)22-13-17-26(18-14-22)32(25-9-5-2-6-10-25)27-19-30-28(31-20-27)23-7-3-1-4-8-23/h1-20,28,30H. The van der Waals surface area contributed by atoms with Crippen molar-refractivity contribution in [1.82, 2.24) is 5.32 Å². The Bertz CT molecular complexity index is 1230. The highest BCUT2D eigenvalue weighted by Crippen LogP contribution is 2.32. The number of rotatable bonds is 5. The van der Waals surface area contributed by atoms with Gasteiger partial charge in [0.2, 0.25) is 0 Å². The smallest absolute Gasteiger partial charge is 0.144 e. The van der Waals surface area contributed by atoms with Crippen LogP contribution in [0.3, 0.4) is 0 Å². The summed E-state index contributed by atoms with van der Waals surface area (Å²) in [5.41, 5.74) is 6.67. The summed E-state index contributed by atoms with van der Waals surface area (Å²) in [7, 11) is 0. The van der Waals surface area contributed by atoms with Crippen molar-refractivity contribution >= 4 is 33.5 Å². The summed E-state index contributed by atoms with van der Waals surface area (Å²) in [5, 5.41) is 3.44. The van der Waals surface area contributed by atoms with E-state index in [0.29, 0.717) is 0 Å². The van der Waals surface area contributed by atoms with E-state index in [-0.39, 0.29) is 6.17 Å². The summed E-state index contributed by atoms with van der Waals surface area (Å²) >= 11 is 3.51. The first kappa shape index (κ1) is 20.3. The lowest BCUT2D eigenvalue weighted by Gasteiger charge is -2.29. The lowest BCUT2D eigenvalue weighted by Crippen LogP contribution is -2.26. The van der Waals surface area contributed by atoms with Crippen LogP contribution >= 0.6 is 15.9 Å². The molecule has 1 aliphatic rings. The fraction of sp³-hybridized carbons (Fsp3) is 0.0357. The number of anilines is 2. The first-order valence-electron chi connectivity index (χ1n) is 10.5. The lowest BCUT2D eigenvalue weighted by molar-refractivity contribution is 0.647. The average Bonchev–Trinajstić information content (AvgIpc) is 2.87. The van der Waals surface area contributed by atoms with Crippen LogP contribution < -0.4 is 10.2 Å². The Labute approximate surface area is 196 Å². The molecule has 0 radical (unpaired) electrons. The van der Waals surface area contributed by atoms with Crippen LogP contribution in [0.15, 0.2) is 131 Å². The van der Waals surface area contributed by atoms with E-state index in [4.69, 9.17) is 4.99 Å². The second-order valence-electron chi connectivity index (χ2n) is 7.55. The molecular weight excluding hydrogens is 458 g/mol. The minimum atomic E-state index is -0.0719. The Balaban J connectivity index is 1.45. The number of halogens is 1. The molecule has 0 aliphatic carbocycles. The van der Waals surface area contributed by atoms with Crippen molar-refractivity contribution in [3.63, 3.8) is 0 Å². The van der Waals surface area contributed by atoms with Crippen molar-refractivity contribution in [1.29, 1.82) is 0 Å². The zero-order chi connectivity index (χ0) is 21.8. The minimum absolute atomic E-state index is 0.0719. The van der Waals surface area contributed by atoms with Gasteiger partial charge < -0.3 is 10.2 Å². The van der Waals surface area contributed by atoms with E-state index in [0.717, 1.165) is 27.1 Å². The molecular formula is C28H22BrN3. The van der Waals surface area contributed by atoms with Crippen LogP contribution in [0.1, 0.15) is 11.7 Å². The van der Waals surface area contributed by atoms with Gasteiger partial charge in [0.1, 0.15) is 6.17 Å². The number of benzene rings is 4. The maximum absolute atomic E-state index is 4.78. The zero-order valence-electron chi connectivity index (χ0n) is 17.4. The SMILES string of the molecule is Brc1ccc(-c2ccc(N(C3=CNC(c4ccccc4)N=C3)c3ccccc3)cc2)cc1. The van der Waals surface area contributed by atoms with Crippen molar-refractivity contribution in [2.24, 2.45) is 4.99 Å².